The van der Waals surface area contributed by atoms with E-state index in [9.17, 15) is 9.90 Å². The van der Waals surface area contributed by atoms with E-state index in [1.165, 1.54) is 0 Å². The summed E-state index contributed by atoms with van der Waals surface area (Å²) in [5.74, 6) is 0.101. The Hall–Kier alpha value is -1.55. The van der Waals surface area contributed by atoms with Crippen LogP contribution in [0.25, 0.3) is 0 Å². The van der Waals surface area contributed by atoms with Crippen molar-refractivity contribution >= 4 is 11.6 Å². The van der Waals surface area contributed by atoms with E-state index in [2.05, 4.69) is 4.90 Å². The summed E-state index contributed by atoms with van der Waals surface area (Å²) < 4.78 is 0. The SMILES string of the molecule is CCN(CC(=O)N1CCCC(O)C1)c1ccccc1. The number of anilines is 1. The van der Waals surface area contributed by atoms with E-state index in [0.717, 1.165) is 31.6 Å². The van der Waals surface area contributed by atoms with Crippen molar-refractivity contribution < 1.29 is 9.90 Å². The first-order valence-corrected chi connectivity index (χ1v) is 6.96. The van der Waals surface area contributed by atoms with Crippen molar-refractivity contribution in [3.05, 3.63) is 30.3 Å². The number of likely N-dealkylation sites (N-methyl/N-ethyl adjacent to an activating group) is 1. The Morgan fingerprint density at radius 2 is 2.16 bits per heavy atom. The third kappa shape index (κ3) is 3.70. The van der Waals surface area contributed by atoms with Gasteiger partial charge in [-0.05, 0) is 31.9 Å². The van der Waals surface area contributed by atoms with E-state index in [0.29, 0.717) is 13.1 Å². The number of piperidine rings is 1. The van der Waals surface area contributed by atoms with Gasteiger partial charge in [0, 0.05) is 25.3 Å². The maximum absolute atomic E-state index is 12.3. The zero-order valence-corrected chi connectivity index (χ0v) is 11.5. The number of carbonyl (C=O) groups excluding carboxylic acids is 1. The van der Waals surface area contributed by atoms with Crippen LogP contribution in [-0.2, 0) is 4.79 Å². The Labute approximate surface area is 114 Å². The van der Waals surface area contributed by atoms with Gasteiger partial charge in [-0.1, -0.05) is 18.2 Å². The summed E-state index contributed by atoms with van der Waals surface area (Å²) in [6, 6.07) is 9.96. The number of nitrogens with zero attached hydrogens (tertiary/aromatic N) is 2. The summed E-state index contributed by atoms with van der Waals surface area (Å²) in [7, 11) is 0. The number of para-hydroxylation sites is 1. The molecule has 19 heavy (non-hydrogen) atoms. The molecule has 0 saturated carbocycles. The second-order valence-corrected chi connectivity index (χ2v) is 4.99. The molecule has 1 heterocycles. The summed E-state index contributed by atoms with van der Waals surface area (Å²) in [5.41, 5.74) is 1.07. The lowest BCUT2D eigenvalue weighted by Gasteiger charge is -2.32. The lowest BCUT2D eigenvalue weighted by Crippen LogP contribution is -2.46. The Kier molecular flexibility index (Phi) is 4.80. The summed E-state index contributed by atoms with van der Waals surface area (Å²) in [6.45, 7) is 4.47. The third-order valence-corrected chi connectivity index (χ3v) is 3.58. The predicted molar refractivity (Wildman–Crippen MR) is 76.1 cm³/mol. The number of amides is 1. The molecule has 1 aromatic carbocycles. The molecule has 1 aliphatic rings. The van der Waals surface area contributed by atoms with Crippen LogP contribution in [0.4, 0.5) is 5.69 Å². The molecule has 1 saturated heterocycles. The summed E-state index contributed by atoms with van der Waals surface area (Å²) >= 11 is 0. The first kappa shape index (κ1) is 13.9. The molecule has 0 aliphatic carbocycles. The highest BCUT2D eigenvalue weighted by Gasteiger charge is 2.23. The van der Waals surface area contributed by atoms with Gasteiger partial charge in [-0.3, -0.25) is 4.79 Å². The van der Waals surface area contributed by atoms with Crippen LogP contribution in [0.5, 0.6) is 0 Å². The third-order valence-electron chi connectivity index (χ3n) is 3.58. The molecule has 4 nitrogen and oxygen atoms in total. The molecule has 0 aromatic heterocycles. The standard InChI is InChI=1S/C15H22N2O2/c1-2-16(13-7-4-3-5-8-13)12-15(19)17-10-6-9-14(18)11-17/h3-5,7-8,14,18H,2,6,9-12H2,1H3. The monoisotopic (exact) mass is 262 g/mol. The van der Waals surface area contributed by atoms with Crippen LogP contribution in [0.2, 0.25) is 0 Å². The quantitative estimate of drug-likeness (QED) is 0.894. The number of aliphatic hydroxyl groups is 1. The first-order chi connectivity index (χ1) is 9.20. The van der Waals surface area contributed by atoms with Gasteiger partial charge < -0.3 is 14.9 Å². The van der Waals surface area contributed by atoms with Crippen LogP contribution in [0.3, 0.4) is 0 Å². The molecule has 1 N–H and O–H groups in total. The molecule has 1 fully saturated rings. The highest BCUT2D eigenvalue weighted by atomic mass is 16.3. The number of hydrogen-bond donors (Lipinski definition) is 1. The van der Waals surface area contributed by atoms with Crippen LogP contribution < -0.4 is 4.90 Å². The van der Waals surface area contributed by atoms with Gasteiger partial charge in [0.15, 0.2) is 0 Å². The fourth-order valence-electron chi connectivity index (χ4n) is 2.47. The molecule has 104 valence electrons. The van der Waals surface area contributed by atoms with Crippen molar-refractivity contribution in [3.63, 3.8) is 0 Å². The van der Waals surface area contributed by atoms with Gasteiger partial charge in [-0.15, -0.1) is 0 Å². The maximum atomic E-state index is 12.3. The summed E-state index contributed by atoms with van der Waals surface area (Å²) in [5, 5.41) is 9.63. The van der Waals surface area contributed by atoms with Crippen molar-refractivity contribution in [2.24, 2.45) is 0 Å². The van der Waals surface area contributed by atoms with Gasteiger partial charge in [-0.2, -0.15) is 0 Å². The Morgan fingerprint density at radius 1 is 1.42 bits per heavy atom. The van der Waals surface area contributed by atoms with E-state index >= 15 is 0 Å². The number of benzene rings is 1. The molecule has 1 aliphatic heterocycles. The highest BCUT2D eigenvalue weighted by Crippen LogP contribution is 2.15. The molecule has 1 aromatic rings. The first-order valence-electron chi connectivity index (χ1n) is 6.96. The van der Waals surface area contributed by atoms with Gasteiger partial charge in [0.25, 0.3) is 0 Å². The molecule has 0 radical (unpaired) electrons. The van der Waals surface area contributed by atoms with Crippen LogP contribution in [0.15, 0.2) is 30.3 Å². The number of aliphatic hydroxyl groups excluding tert-OH is 1. The van der Waals surface area contributed by atoms with Gasteiger partial charge in [0.2, 0.25) is 5.91 Å². The number of carbonyl (C=O) groups is 1. The van der Waals surface area contributed by atoms with Crippen LogP contribution >= 0.6 is 0 Å². The largest absolute Gasteiger partial charge is 0.391 e. The van der Waals surface area contributed by atoms with E-state index in [1.54, 1.807) is 4.90 Å². The van der Waals surface area contributed by atoms with E-state index in [-0.39, 0.29) is 12.0 Å². The lowest BCUT2D eigenvalue weighted by molar-refractivity contribution is -0.132. The Bertz CT molecular complexity index is 408. The zero-order chi connectivity index (χ0) is 13.7. The minimum atomic E-state index is -0.357. The summed E-state index contributed by atoms with van der Waals surface area (Å²) in [4.78, 5) is 16.1. The van der Waals surface area contributed by atoms with Crippen LogP contribution in [0, 0.1) is 0 Å². The van der Waals surface area contributed by atoms with Gasteiger partial charge in [0.1, 0.15) is 0 Å². The second kappa shape index (κ2) is 6.57. The molecule has 1 atom stereocenters. The fraction of sp³-hybridized carbons (Fsp3) is 0.533. The van der Waals surface area contributed by atoms with Crippen molar-refractivity contribution in [2.45, 2.75) is 25.9 Å². The van der Waals surface area contributed by atoms with Crippen LogP contribution in [0.1, 0.15) is 19.8 Å². The second-order valence-electron chi connectivity index (χ2n) is 4.99. The molecule has 0 spiro atoms. The number of hydrogen-bond acceptors (Lipinski definition) is 3. The van der Waals surface area contributed by atoms with Gasteiger partial charge in [-0.25, -0.2) is 0 Å². The predicted octanol–water partition coefficient (Wildman–Crippen LogP) is 1.50. The van der Waals surface area contributed by atoms with E-state index in [1.807, 2.05) is 37.3 Å². The number of likely N-dealkylation sites (tertiary alicyclic amines) is 1. The molecular weight excluding hydrogens is 240 g/mol. The average molecular weight is 262 g/mol. The lowest BCUT2D eigenvalue weighted by atomic mass is 10.1. The van der Waals surface area contributed by atoms with E-state index < -0.39 is 0 Å². The molecule has 4 heteroatoms. The zero-order valence-electron chi connectivity index (χ0n) is 11.5. The van der Waals surface area contributed by atoms with Crippen molar-refractivity contribution in [1.29, 1.82) is 0 Å². The smallest absolute Gasteiger partial charge is 0.242 e. The van der Waals surface area contributed by atoms with Gasteiger partial charge >= 0.3 is 0 Å². The van der Waals surface area contributed by atoms with Gasteiger partial charge in [0.05, 0.1) is 12.6 Å². The highest BCUT2D eigenvalue weighted by molar-refractivity contribution is 5.81. The normalized spacial score (nSPS) is 19.3. The maximum Gasteiger partial charge on any atom is 0.242 e. The van der Waals surface area contributed by atoms with Crippen molar-refractivity contribution in [2.75, 3.05) is 31.1 Å². The topological polar surface area (TPSA) is 43.8 Å². The minimum absolute atomic E-state index is 0.101. The van der Waals surface area contributed by atoms with Crippen molar-refractivity contribution in [1.82, 2.24) is 4.90 Å². The summed E-state index contributed by atoms with van der Waals surface area (Å²) in [6.07, 6.45) is 1.34. The number of β-amino-alcohol motifs (C(OH)–C–C–N with tert-alkyl or cyclic N) is 1. The fourth-order valence-corrected chi connectivity index (χ4v) is 2.47. The molecule has 2 rings (SSSR count). The Balaban J connectivity index is 1.96. The Morgan fingerprint density at radius 3 is 2.79 bits per heavy atom. The molecule has 0 bridgehead atoms. The molecule has 1 unspecified atom stereocenters. The molecular formula is C15H22N2O2. The van der Waals surface area contributed by atoms with E-state index in [4.69, 9.17) is 0 Å². The average Bonchev–Trinajstić information content (AvgIpc) is 2.45. The minimum Gasteiger partial charge on any atom is -0.391 e. The molecule has 1 amide bonds. The van der Waals surface area contributed by atoms with Crippen LogP contribution in [-0.4, -0.2) is 48.2 Å². The number of rotatable bonds is 4. The van der Waals surface area contributed by atoms with Crippen molar-refractivity contribution in [3.8, 4) is 0 Å².